The summed E-state index contributed by atoms with van der Waals surface area (Å²) >= 11 is 0. The SMILES string of the molecule is CC(C)N[C-]=O.CCC.[CH2-]CC(C[CH2-])c1cc(NC(=O)c2cc(COC)nn2C)n[nH]1.[Rb+]. The van der Waals surface area contributed by atoms with Crippen molar-refractivity contribution >= 4 is 18.1 Å². The van der Waals surface area contributed by atoms with E-state index in [0.717, 1.165) is 18.5 Å². The zero-order chi connectivity index (χ0) is 23.8. The summed E-state index contributed by atoms with van der Waals surface area (Å²) in [5.41, 5.74) is 2.07. The number of H-pyrrole nitrogens is 1. The van der Waals surface area contributed by atoms with E-state index in [1.54, 1.807) is 26.6 Å². The molecule has 0 unspecified atom stereocenters. The van der Waals surface area contributed by atoms with Crippen LogP contribution < -0.4 is 68.8 Å². The van der Waals surface area contributed by atoms with Crippen molar-refractivity contribution < 1.29 is 72.5 Å². The number of aryl methyl sites for hydroxylation is 1. The van der Waals surface area contributed by atoms with Crippen molar-refractivity contribution in [2.45, 2.75) is 65.5 Å². The number of aromatic nitrogens is 4. The van der Waals surface area contributed by atoms with Gasteiger partial charge in [0.1, 0.15) is 5.69 Å². The van der Waals surface area contributed by atoms with Gasteiger partial charge < -0.3 is 34.0 Å². The fourth-order valence-corrected chi connectivity index (χ4v) is 2.32. The zero-order valence-corrected chi connectivity index (χ0v) is 25.5. The van der Waals surface area contributed by atoms with Crippen LogP contribution in [-0.2, 0) is 23.2 Å². The minimum Gasteiger partial charge on any atom is -0.528 e. The number of nitrogens with zero attached hydrogens (tertiary/aromatic N) is 3. The molecule has 0 saturated heterocycles. The van der Waals surface area contributed by atoms with E-state index in [4.69, 9.17) is 4.74 Å². The summed E-state index contributed by atoms with van der Waals surface area (Å²) in [5.74, 6) is 0.417. The van der Waals surface area contributed by atoms with Crippen LogP contribution in [0, 0.1) is 13.8 Å². The fraction of sp³-hybridized carbons (Fsp3) is 0.545. The second-order valence-corrected chi connectivity index (χ2v) is 7.12. The Bertz CT molecular complexity index is 757. The smallest absolute Gasteiger partial charge is 0.528 e. The maximum Gasteiger partial charge on any atom is 1.00 e. The minimum atomic E-state index is -0.267. The number of aromatic amines is 1. The average Bonchev–Trinajstić information content (AvgIpc) is 3.31. The molecule has 2 aromatic heterocycles. The molecule has 0 spiro atoms. The number of methoxy groups -OCH3 is 1. The van der Waals surface area contributed by atoms with E-state index in [1.807, 2.05) is 19.9 Å². The number of hydrogen-bond donors (Lipinski definition) is 3. The van der Waals surface area contributed by atoms with E-state index in [1.165, 1.54) is 11.1 Å². The molecule has 0 radical (unpaired) electrons. The summed E-state index contributed by atoms with van der Waals surface area (Å²) in [6, 6.07) is 3.73. The predicted octanol–water partition coefficient (Wildman–Crippen LogP) is 0.546. The van der Waals surface area contributed by atoms with Crippen LogP contribution in [0.25, 0.3) is 0 Å². The van der Waals surface area contributed by atoms with Crippen LogP contribution in [0.3, 0.4) is 0 Å². The van der Waals surface area contributed by atoms with Gasteiger partial charge in [0.15, 0.2) is 5.82 Å². The van der Waals surface area contributed by atoms with Crippen LogP contribution in [0.15, 0.2) is 12.1 Å². The topological polar surface area (TPSA) is 114 Å². The first-order valence-electron chi connectivity index (χ1n) is 10.4. The molecule has 0 bridgehead atoms. The van der Waals surface area contributed by atoms with Crippen molar-refractivity contribution in [3.8, 4) is 0 Å². The van der Waals surface area contributed by atoms with Gasteiger partial charge in [0, 0.05) is 25.9 Å². The monoisotopic (exact) mass is 518 g/mol. The summed E-state index contributed by atoms with van der Waals surface area (Å²) in [6.45, 7) is 16.1. The third kappa shape index (κ3) is 13.0. The van der Waals surface area contributed by atoms with Gasteiger partial charge >= 0.3 is 58.2 Å². The van der Waals surface area contributed by atoms with E-state index >= 15 is 0 Å². The largest absolute Gasteiger partial charge is 1.00 e. The van der Waals surface area contributed by atoms with Crippen LogP contribution in [0.4, 0.5) is 5.82 Å². The minimum absolute atomic E-state index is 0. The first-order valence-corrected chi connectivity index (χ1v) is 10.4. The van der Waals surface area contributed by atoms with Crippen LogP contribution in [0.1, 0.15) is 74.8 Å². The van der Waals surface area contributed by atoms with Gasteiger partial charge in [-0.3, -0.25) is 14.6 Å². The third-order valence-electron chi connectivity index (χ3n) is 3.78. The molecule has 10 heteroatoms. The van der Waals surface area contributed by atoms with Gasteiger partial charge in [-0.25, -0.2) is 0 Å². The van der Waals surface area contributed by atoms with E-state index in [2.05, 4.69) is 53.6 Å². The predicted molar refractivity (Wildman–Crippen MR) is 123 cm³/mol. The Labute approximate surface area is 241 Å². The maximum absolute atomic E-state index is 12.3. The quantitative estimate of drug-likeness (QED) is 0.331. The van der Waals surface area contributed by atoms with E-state index in [9.17, 15) is 9.59 Å². The number of amides is 2. The summed E-state index contributed by atoms with van der Waals surface area (Å²) in [7, 11) is 3.30. The Kier molecular flexibility index (Phi) is 20.4. The van der Waals surface area contributed by atoms with Crippen molar-refractivity contribution in [2.75, 3.05) is 12.4 Å². The van der Waals surface area contributed by atoms with Crippen LogP contribution in [0.5, 0.6) is 0 Å². The summed E-state index contributed by atoms with van der Waals surface area (Å²) in [4.78, 5) is 21.7. The van der Waals surface area contributed by atoms with Gasteiger partial charge in [-0.1, -0.05) is 26.2 Å². The van der Waals surface area contributed by atoms with E-state index < -0.39 is 0 Å². The van der Waals surface area contributed by atoms with E-state index in [0.29, 0.717) is 23.8 Å². The van der Waals surface area contributed by atoms with Gasteiger partial charge in [0.25, 0.3) is 5.91 Å². The first kappa shape index (κ1) is 33.3. The van der Waals surface area contributed by atoms with Gasteiger partial charge in [-0.15, -0.1) is 0 Å². The number of carbonyl (C=O) groups is 1. The standard InChI is InChI=1S/C15H21N5O2.C4H8NO.C3H8.Rb/c1-5-10(6-2)12-8-14(18-17-12)16-15(21)13-7-11(9-22-4)19-20(13)3;1-4(2)5-3-6;1-3-2;/h7-8,10H,1-2,5-6,9H2,3-4H3,(H2,16,17,18,21);4H,1-2H3,(H,5,6);3H2,1-2H3;/q-2;-1;;+1. The molecule has 0 aromatic carbocycles. The van der Waals surface area contributed by atoms with Crippen molar-refractivity contribution in [1.82, 2.24) is 25.3 Å². The summed E-state index contributed by atoms with van der Waals surface area (Å²) in [6.07, 6.45) is 4.26. The number of ether oxygens (including phenoxy) is 1. The van der Waals surface area contributed by atoms with Crippen LogP contribution in [-0.4, -0.2) is 45.4 Å². The summed E-state index contributed by atoms with van der Waals surface area (Å²) in [5, 5.41) is 16.4. The molecule has 2 amide bonds. The number of hydrogen-bond acceptors (Lipinski definition) is 5. The number of carbonyl (C=O) groups excluding carboxylic acids is 2. The molecule has 3 N–H and O–H groups in total. The van der Waals surface area contributed by atoms with Crippen molar-refractivity contribution in [1.29, 1.82) is 0 Å². The molecule has 176 valence electrons. The first-order chi connectivity index (χ1) is 14.8. The van der Waals surface area contributed by atoms with Gasteiger partial charge in [-0.05, 0) is 26.0 Å². The van der Waals surface area contributed by atoms with Crippen molar-refractivity contribution in [2.24, 2.45) is 7.05 Å². The molecule has 2 heterocycles. The maximum atomic E-state index is 12.3. The molecule has 32 heavy (non-hydrogen) atoms. The Morgan fingerprint density at radius 3 is 2.31 bits per heavy atom. The van der Waals surface area contributed by atoms with Crippen molar-refractivity contribution in [3.05, 3.63) is 43.1 Å². The Morgan fingerprint density at radius 2 is 1.88 bits per heavy atom. The van der Waals surface area contributed by atoms with E-state index in [-0.39, 0.29) is 76.1 Å². The Hall–Kier alpha value is -0.875. The summed E-state index contributed by atoms with van der Waals surface area (Å²) < 4.78 is 6.53. The number of anilines is 1. The molecule has 0 atom stereocenters. The van der Waals surface area contributed by atoms with Gasteiger partial charge in [0.05, 0.1) is 12.3 Å². The fourth-order valence-electron chi connectivity index (χ4n) is 2.32. The van der Waals surface area contributed by atoms with Crippen LogP contribution in [0.2, 0.25) is 0 Å². The second-order valence-electron chi connectivity index (χ2n) is 7.12. The zero-order valence-electron chi connectivity index (χ0n) is 20.6. The molecule has 0 aliphatic carbocycles. The second kappa shape index (κ2) is 19.6. The third-order valence-corrected chi connectivity index (χ3v) is 3.78. The van der Waals surface area contributed by atoms with Gasteiger partial charge in [-0.2, -0.15) is 29.4 Å². The molecule has 0 saturated carbocycles. The number of nitrogens with one attached hydrogen (secondary N) is 3. The number of rotatable bonds is 9. The van der Waals surface area contributed by atoms with Crippen molar-refractivity contribution in [3.63, 3.8) is 0 Å². The normalized spacial score (nSPS) is 9.81. The molecular weight excluding hydrogens is 482 g/mol. The molecule has 9 nitrogen and oxygen atoms in total. The molecule has 2 aromatic rings. The Balaban J connectivity index is 0. The average molecular weight is 519 g/mol. The van der Waals surface area contributed by atoms with Gasteiger partial charge in [0.2, 0.25) is 0 Å². The molecule has 0 aliphatic rings. The molecular formula is C22H37N6O3Rb-2. The van der Waals surface area contributed by atoms with Crippen LogP contribution >= 0.6 is 0 Å². The molecule has 2 rings (SSSR count). The molecule has 0 fully saturated rings. The molecule has 0 aliphatic heterocycles. The Morgan fingerprint density at radius 1 is 1.28 bits per heavy atom.